The minimum atomic E-state index is -0.639. The molecule has 1 saturated heterocycles. The molecule has 0 saturated carbocycles. The predicted molar refractivity (Wildman–Crippen MR) is 99.0 cm³/mol. The van der Waals surface area contributed by atoms with Gasteiger partial charge in [0.05, 0.1) is 11.3 Å². The Hall–Kier alpha value is -3.17. The van der Waals surface area contributed by atoms with Gasteiger partial charge in [0.25, 0.3) is 0 Å². The Morgan fingerprint density at radius 3 is 2.89 bits per heavy atom. The number of aliphatic imine (C=N–C) groups is 1. The maximum atomic E-state index is 13.3. The molecule has 2 heterocycles. The normalized spacial score (nSPS) is 13.5. The second-order valence-corrected chi connectivity index (χ2v) is 6.61. The average Bonchev–Trinajstić information content (AvgIpc) is 3.31. The Labute approximate surface area is 164 Å². The molecule has 0 radical (unpaired) electrons. The molecule has 1 aromatic heterocycles. The summed E-state index contributed by atoms with van der Waals surface area (Å²) in [6.07, 6.45) is 0. The minimum absolute atomic E-state index is 0.0114. The van der Waals surface area contributed by atoms with Crippen molar-refractivity contribution in [2.75, 3.05) is 25.9 Å². The van der Waals surface area contributed by atoms with Crippen LogP contribution in [0, 0.1) is 17.1 Å². The van der Waals surface area contributed by atoms with Gasteiger partial charge in [-0.3, -0.25) is 10.7 Å². The van der Waals surface area contributed by atoms with Crippen LogP contribution in [0.2, 0.25) is 0 Å². The largest absolute Gasteiger partial charge is 0.336 e. The molecule has 1 aliphatic rings. The standard InChI is InChI=1S/C12H10FN5O2S.C4H8N2O/c1-2-21-12-10(17-20-18-12)11(16-19)15-8-3-4-9(13)7(5-8)6-14;1-6-3-2-5-4(6)7/h3-5,19H,2H2,1H3,(H,15,16);2-3H2,1H3,(H,5,7). The Balaban J connectivity index is 0.000000336. The second-order valence-electron chi connectivity index (χ2n) is 5.35. The van der Waals surface area contributed by atoms with Crippen molar-refractivity contribution in [2.45, 2.75) is 11.9 Å². The minimum Gasteiger partial charge on any atom is -0.336 e. The first kappa shape index (κ1) is 21.1. The van der Waals surface area contributed by atoms with Crippen molar-refractivity contribution in [1.29, 1.82) is 5.26 Å². The molecule has 0 aliphatic carbocycles. The van der Waals surface area contributed by atoms with Gasteiger partial charge in [0.1, 0.15) is 11.9 Å². The molecule has 0 unspecified atom stereocenters. The average molecular weight is 407 g/mol. The van der Waals surface area contributed by atoms with E-state index in [1.165, 1.54) is 23.9 Å². The van der Waals surface area contributed by atoms with Crippen molar-refractivity contribution in [2.24, 2.45) is 4.99 Å². The number of likely N-dealkylation sites (N-methyl/N-ethyl adjacent to an activating group) is 1. The second kappa shape index (κ2) is 10.2. The number of urea groups is 1. The predicted octanol–water partition coefficient (Wildman–Crippen LogP) is 1.89. The lowest BCUT2D eigenvalue weighted by atomic mass is 10.2. The molecule has 12 heteroatoms. The number of thioether (sulfide) groups is 1. The fraction of sp³-hybridized carbons (Fsp3) is 0.312. The molecule has 1 aromatic carbocycles. The summed E-state index contributed by atoms with van der Waals surface area (Å²) in [5, 5.41) is 28.5. The molecular weight excluding hydrogens is 389 g/mol. The number of halogens is 1. The molecule has 2 aromatic rings. The van der Waals surface area contributed by atoms with E-state index in [4.69, 9.17) is 5.26 Å². The van der Waals surface area contributed by atoms with E-state index in [9.17, 15) is 14.4 Å². The topological polar surface area (TPSA) is 140 Å². The third-order valence-electron chi connectivity index (χ3n) is 3.45. The summed E-state index contributed by atoms with van der Waals surface area (Å²) in [6.45, 7) is 3.57. The smallest absolute Gasteiger partial charge is 0.317 e. The summed E-state index contributed by atoms with van der Waals surface area (Å²) in [6, 6.07) is 5.50. The van der Waals surface area contributed by atoms with Crippen LogP contribution in [-0.4, -0.2) is 58.2 Å². The van der Waals surface area contributed by atoms with Gasteiger partial charge in [-0.1, -0.05) is 6.92 Å². The first-order chi connectivity index (χ1) is 13.5. The van der Waals surface area contributed by atoms with Crippen molar-refractivity contribution >= 4 is 29.3 Å². The molecule has 1 aliphatic heterocycles. The fourth-order valence-corrected chi connectivity index (χ4v) is 2.68. The van der Waals surface area contributed by atoms with Gasteiger partial charge in [-0.2, -0.15) is 5.26 Å². The van der Waals surface area contributed by atoms with Gasteiger partial charge in [0, 0.05) is 20.1 Å². The summed E-state index contributed by atoms with van der Waals surface area (Å²) in [5.41, 5.74) is 2.26. The summed E-state index contributed by atoms with van der Waals surface area (Å²) < 4.78 is 17.9. The van der Waals surface area contributed by atoms with E-state index in [-0.39, 0.29) is 28.8 Å². The number of rotatable bonds is 4. The Kier molecular flexibility index (Phi) is 7.73. The number of hydrogen-bond donors (Lipinski definition) is 3. The molecule has 0 bridgehead atoms. The van der Waals surface area contributed by atoms with Gasteiger partial charge in [0.15, 0.2) is 16.6 Å². The molecule has 3 N–H and O–H groups in total. The lowest BCUT2D eigenvalue weighted by Crippen LogP contribution is -2.23. The first-order valence-electron chi connectivity index (χ1n) is 8.13. The lowest BCUT2D eigenvalue weighted by molar-refractivity contribution is 0.226. The van der Waals surface area contributed by atoms with Gasteiger partial charge >= 0.3 is 6.03 Å². The van der Waals surface area contributed by atoms with Crippen LogP contribution in [0.15, 0.2) is 32.8 Å². The zero-order valence-corrected chi connectivity index (χ0v) is 16.0. The molecule has 1 fully saturated rings. The SMILES string of the molecule is CCSc1nonc1C(=Nc1ccc(F)c(C#N)c1)NO.CN1CCNC1=O. The van der Waals surface area contributed by atoms with Crippen molar-refractivity contribution in [3.8, 4) is 6.07 Å². The van der Waals surface area contributed by atoms with E-state index in [2.05, 4.69) is 25.3 Å². The third kappa shape index (κ3) is 5.41. The van der Waals surface area contributed by atoms with E-state index in [0.29, 0.717) is 5.03 Å². The number of amides is 2. The number of amidine groups is 1. The van der Waals surface area contributed by atoms with Gasteiger partial charge < -0.3 is 10.2 Å². The molecule has 2 amide bonds. The van der Waals surface area contributed by atoms with Crippen LogP contribution in [0.25, 0.3) is 0 Å². The molecule has 0 atom stereocenters. The Morgan fingerprint density at radius 1 is 1.57 bits per heavy atom. The number of carbonyl (C=O) groups excluding carboxylic acids is 1. The van der Waals surface area contributed by atoms with E-state index in [1.54, 1.807) is 18.0 Å². The highest BCUT2D eigenvalue weighted by atomic mass is 32.2. The van der Waals surface area contributed by atoms with Gasteiger partial charge in [0.2, 0.25) is 0 Å². The third-order valence-corrected chi connectivity index (χ3v) is 4.28. The van der Waals surface area contributed by atoms with Crippen LogP contribution in [0.5, 0.6) is 0 Å². The molecule has 10 nitrogen and oxygen atoms in total. The number of carbonyl (C=O) groups is 1. The molecule has 28 heavy (non-hydrogen) atoms. The van der Waals surface area contributed by atoms with E-state index in [1.807, 2.05) is 12.4 Å². The van der Waals surface area contributed by atoms with Gasteiger partial charge in [-0.15, -0.1) is 11.8 Å². The monoisotopic (exact) mass is 407 g/mol. The van der Waals surface area contributed by atoms with Crippen LogP contribution in [0.3, 0.4) is 0 Å². The fourth-order valence-electron chi connectivity index (χ4n) is 2.05. The lowest BCUT2D eigenvalue weighted by Gasteiger charge is -2.03. The highest BCUT2D eigenvalue weighted by Crippen LogP contribution is 2.21. The number of hydrogen-bond acceptors (Lipinski definition) is 8. The highest BCUT2D eigenvalue weighted by Gasteiger charge is 2.16. The van der Waals surface area contributed by atoms with Gasteiger partial charge in [-0.05, 0) is 34.3 Å². The summed E-state index contributed by atoms with van der Waals surface area (Å²) in [5.74, 6) is 0.0812. The summed E-state index contributed by atoms with van der Waals surface area (Å²) >= 11 is 1.36. The molecule has 0 spiro atoms. The van der Waals surface area contributed by atoms with Crippen LogP contribution >= 0.6 is 11.8 Å². The van der Waals surface area contributed by atoms with Gasteiger partial charge in [-0.25, -0.2) is 18.8 Å². The maximum Gasteiger partial charge on any atom is 0.317 e. The van der Waals surface area contributed by atoms with Crippen molar-refractivity contribution in [1.82, 2.24) is 26.0 Å². The zero-order valence-electron chi connectivity index (χ0n) is 15.1. The summed E-state index contributed by atoms with van der Waals surface area (Å²) in [4.78, 5) is 16.1. The number of benzene rings is 1. The molecular formula is C16H18FN7O3S. The van der Waals surface area contributed by atoms with E-state index in [0.717, 1.165) is 24.9 Å². The van der Waals surface area contributed by atoms with E-state index >= 15 is 0 Å². The number of aromatic nitrogens is 2. The maximum absolute atomic E-state index is 13.3. The molecule has 148 valence electrons. The summed E-state index contributed by atoms with van der Waals surface area (Å²) in [7, 11) is 1.78. The molecule has 3 rings (SSSR count). The number of nitrogens with one attached hydrogen (secondary N) is 2. The first-order valence-corrected chi connectivity index (χ1v) is 9.11. The highest BCUT2D eigenvalue weighted by molar-refractivity contribution is 7.99. The van der Waals surface area contributed by atoms with Crippen molar-refractivity contribution < 1.29 is 19.0 Å². The van der Waals surface area contributed by atoms with Crippen LogP contribution in [-0.2, 0) is 0 Å². The zero-order chi connectivity index (χ0) is 20.5. The Bertz CT molecular complexity index is 897. The Morgan fingerprint density at radius 2 is 2.36 bits per heavy atom. The van der Waals surface area contributed by atoms with E-state index < -0.39 is 5.82 Å². The number of nitriles is 1. The van der Waals surface area contributed by atoms with Crippen LogP contribution in [0.1, 0.15) is 18.2 Å². The van der Waals surface area contributed by atoms with Crippen LogP contribution in [0.4, 0.5) is 14.9 Å². The van der Waals surface area contributed by atoms with Crippen LogP contribution < -0.4 is 10.8 Å². The number of nitrogens with zero attached hydrogens (tertiary/aromatic N) is 5. The quantitative estimate of drug-likeness (QED) is 0.302. The van der Waals surface area contributed by atoms with Crippen molar-refractivity contribution in [3.05, 3.63) is 35.3 Å². The van der Waals surface area contributed by atoms with Crippen molar-refractivity contribution in [3.63, 3.8) is 0 Å². The number of hydroxylamine groups is 1.